The molecule has 15 heavy (non-hydrogen) atoms. The van der Waals surface area contributed by atoms with Crippen molar-refractivity contribution in [2.24, 2.45) is 0 Å². The molecule has 0 aliphatic heterocycles. The van der Waals surface area contributed by atoms with E-state index in [0.29, 0.717) is 4.64 Å². The highest BCUT2D eigenvalue weighted by atomic mass is 32.1. The molecule has 0 fully saturated rings. The number of aromatic nitrogens is 2. The van der Waals surface area contributed by atoms with Gasteiger partial charge < -0.3 is 4.98 Å². The SMILES string of the molecule is CCc1nc(=S)cc(-c2ccsc2C)[nH]1. The molecular weight excluding hydrogens is 224 g/mol. The van der Waals surface area contributed by atoms with E-state index in [1.54, 1.807) is 11.3 Å². The lowest BCUT2D eigenvalue weighted by atomic mass is 10.2. The van der Waals surface area contributed by atoms with Gasteiger partial charge in [-0.2, -0.15) is 0 Å². The third-order valence-electron chi connectivity index (χ3n) is 2.28. The van der Waals surface area contributed by atoms with Crippen molar-refractivity contribution in [3.8, 4) is 11.3 Å². The number of rotatable bonds is 2. The zero-order valence-electron chi connectivity index (χ0n) is 8.70. The minimum absolute atomic E-state index is 0.659. The van der Waals surface area contributed by atoms with Crippen molar-refractivity contribution in [1.29, 1.82) is 0 Å². The van der Waals surface area contributed by atoms with Gasteiger partial charge in [-0.25, -0.2) is 4.98 Å². The van der Waals surface area contributed by atoms with Crippen LogP contribution in [0.5, 0.6) is 0 Å². The highest BCUT2D eigenvalue weighted by molar-refractivity contribution is 7.71. The minimum Gasteiger partial charge on any atom is -0.343 e. The van der Waals surface area contributed by atoms with Crippen molar-refractivity contribution in [2.45, 2.75) is 20.3 Å². The van der Waals surface area contributed by atoms with Gasteiger partial charge in [0.1, 0.15) is 10.5 Å². The number of aryl methyl sites for hydroxylation is 2. The van der Waals surface area contributed by atoms with Crippen LogP contribution < -0.4 is 0 Å². The van der Waals surface area contributed by atoms with Crippen LogP contribution in [-0.2, 0) is 6.42 Å². The number of hydrogen-bond donors (Lipinski definition) is 1. The number of hydrogen-bond acceptors (Lipinski definition) is 3. The van der Waals surface area contributed by atoms with Gasteiger partial charge in [0.15, 0.2) is 0 Å². The molecular formula is C11H12N2S2. The summed E-state index contributed by atoms with van der Waals surface area (Å²) in [5.74, 6) is 0.947. The molecule has 0 saturated heterocycles. The first kappa shape index (κ1) is 10.5. The van der Waals surface area contributed by atoms with Crippen molar-refractivity contribution >= 4 is 23.6 Å². The molecule has 4 heteroatoms. The molecule has 1 N–H and O–H groups in total. The summed E-state index contributed by atoms with van der Waals surface area (Å²) in [4.78, 5) is 8.86. The Morgan fingerprint density at radius 2 is 2.33 bits per heavy atom. The van der Waals surface area contributed by atoms with E-state index in [1.807, 2.05) is 6.07 Å². The van der Waals surface area contributed by atoms with Gasteiger partial charge in [0, 0.05) is 16.9 Å². The largest absolute Gasteiger partial charge is 0.343 e. The molecule has 2 aromatic rings. The van der Waals surface area contributed by atoms with E-state index < -0.39 is 0 Å². The summed E-state index contributed by atoms with van der Waals surface area (Å²) < 4.78 is 0.659. The van der Waals surface area contributed by atoms with Gasteiger partial charge in [-0.05, 0) is 24.4 Å². The van der Waals surface area contributed by atoms with E-state index in [-0.39, 0.29) is 0 Å². The van der Waals surface area contributed by atoms with Crippen LogP contribution in [0, 0.1) is 11.6 Å². The molecule has 0 aliphatic carbocycles. The second-order valence-electron chi connectivity index (χ2n) is 3.32. The van der Waals surface area contributed by atoms with Crippen LogP contribution in [0.25, 0.3) is 11.3 Å². The molecule has 0 spiro atoms. The minimum atomic E-state index is 0.659. The monoisotopic (exact) mass is 236 g/mol. The quantitative estimate of drug-likeness (QED) is 0.805. The third-order valence-corrected chi connectivity index (χ3v) is 3.33. The predicted molar refractivity (Wildman–Crippen MR) is 66.8 cm³/mol. The number of aromatic amines is 1. The first-order valence-electron chi connectivity index (χ1n) is 4.85. The zero-order chi connectivity index (χ0) is 10.8. The Morgan fingerprint density at radius 3 is 2.93 bits per heavy atom. The van der Waals surface area contributed by atoms with Crippen LogP contribution >= 0.6 is 23.6 Å². The first-order valence-corrected chi connectivity index (χ1v) is 6.14. The summed E-state index contributed by atoms with van der Waals surface area (Å²) in [6.45, 7) is 4.18. The average molecular weight is 236 g/mol. The van der Waals surface area contributed by atoms with Crippen molar-refractivity contribution in [1.82, 2.24) is 9.97 Å². The van der Waals surface area contributed by atoms with Gasteiger partial charge >= 0.3 is 0 Å². The van der Waals surface area contributed by atoms with E-state index in [2.05, 4.69) is 35.3 Å². The number of thiophene rings is 1. The molecule has 0 aromatic carbocycles. The van der Waals surface area contributed by atoms with Gasteiger partial charge in [0.2, 0.25) is 0 Å². The van der Waals surface area contributed by atoms with Crippen molar-refractivity contribution < 1.29 is 0 Å². The Bertz CT molecular complexity index is 525. The number of nitrogens with one attached hydrogen (secondary N) is 1. The fourth-order valence-electron chi connectivity index (χ4n) is 1.49. The molecule has 0 bridgehead atoms. The molecule has 0 unspecified atom stereocenters. The Labute approximate surface area is 98.0 Å². The van der Waals surface area contributed by atoms with Crippen LogP contribution in [0.3, 0.4) is 0 Å². The maximum atomic E-state index is 5.14. The smallest absolute Gasteiger partial charge is 0.130 e. The van der Waals surface area contributed by atoms with Crippen LogP contribution in [-0.4, -0.2) is 9.97 Å². The maximum Gasteiger partial charge on any atom is 0.130 e. The average Bonchev–Trinajstić information content (AvgIpc) is 2.63. The molecule has 2 rings (SSSR count). The lowest BCUT2D eigenvalue weighted by Gasteiger charge is -2.03. The summed E-state index contributed by atoms with van der Waals surface area (Å²) >= 11 is 6.89. The fourth-order valence-corrected chi connectivity index (χ4v) is 2.43. The maximum absolute atomic E-state index is 5.14. The molecule has 2 aromatic heterocycles. The normalized spacial score (nSPS) is 10.5. The van der Waals surface area contributed by atoms with E-state index >= 15 is 0 Å². The lowest BCUT2D eigenvalue weighted by Crippen LogP contribution is -1.95. The molecule has 78 valence electrons. The predicted octanol–water partition coefficient (Wildman–Crippen LogP) is 3.74. The summed E-state index contributed by atoms with van der Waals surface area (Å²) in [5, 5.41) is 2.09. The Balaban J connectivity index is 2.58. The highest BCUT2D eigenvalue weighted by Gasteiger charge is 2.04. The molecule has 0 aliphatic rings. The zero-order valence-corrected chi connectivity index (χ0v) is 10.3. The molecule has 2 nitrogen and oxygen atoms in total. The van der Waals surface area contributed by atoms with E-state index in [1.165, 1.54) is 10.4 Å². The van der Waals surface area contributed by atoms with Crippen LogP contribution in [0.1, 0.15) is 17.6 Å². The summed E-state index contributed by atoms with van der Waals surface area (Å²) in [6, 6.07) is 4.03. The third kappa shape index (κ3) is 2.16. The van der Waals surface area contributed by atoms with Crippen LogP contribution in [0.2, 0.25) is 0 Å². The second-order valence-corrected chi connectivity index (χ2v) is 4.86. The van der Waals surface area contributed by atoms with Gasteiger partial charge in [-0.1, -0.05) is 19.1 Å². The first-order chi connectivity index (χ1) is 7.20. The number of nitrogens with zero attached hydrogens (tertiary/aromatic N) is 1. The lowest BCUT2D eigenvalue weighted by molar-refractivity contribution is 0.936. The van der Waals surface area contributed by atoms with Crippen molar-refractivity contribution in [2.75, 3.05) is 0 Å². The van der Waals surface area contributed by atoms with Gasteiger partial charge in [-0.3, -0.25) is 0 Å². The second kappa shape index (κ2) is 4.24. The van der Waals surface area contributed by atoms with Gasteiger partial charge in [0.05, 0.1) is 5.69 Å². The van der Waals surface area contributed by atoms with Crippen molar-refractivity contribution in [3.63, 3.8) is 0 Å². The van der Waals surface area contributed by atoms with E-state index in [4.69, 9.17) is 12.2 Å². The Morgan fingerprint density at radius 1 is 1.53 bits per heavy atom. The molecule has 0 saturated carbocycles. The van der Waals surface area contributed by atoms with Gasteiger partial charge in [-0.15, -0.1) is 11.3 Å². The van der Waals surface area contributed by atoms with Crippen LogP contribution in [0.15, 0.2) is 17.5 Å². The topological polar surface area (TPSA) is 28.7 Å². The summed E-state index contributed by atoms with van der Waals surface area (Å²) in [6.07, 6.45) is 0.876. The Hall–Kier alpha value is -1.00. The Kier molecular flexibility index (Phi) is 2.98. The molecule has 0 amide bonds. The van der Waals surface area contributed by atoms with E-state index in [0.717, 1.165) is 17.9 Å². The fraction of sp³-hybridized carbons (Fsp3) is 0.273. The number of H-pyrrole nitrogens is 1. The molecule has 0 radical (unpaired) electrons. The standard InChI is InChI=1S/C11H12N2S2/c1-3-10-12-9(6-11(14)13-10)8-4-5-15-7(8)2/h4-6H,3H2,1-2H3,(H,12,13,14). The molecule has 2 heterocycles. The summed E-state index contributed by atoms with van der Waals surface area (Å²) in [7, 11) is 0. The summed E-state index contributed by atoms with van der Waals surface area (Å²) in [5.41, 5.74) is 2.30. The highest BCUT2D eigenvalue weighted by Crippen LogP contribution is 2.25. The van der Waals surface area contributed by atoms with Gasteiger partial charge in [0.25, 0.3) is 0 Å². The molecule has 0 atom stereocenters. The van der Waals surface area contributed by atoms with Crippen molar-refractivity contribution in [3.05, 3.63) is 32.9 Å². The van der Waals surface area contributed by atoms with E-state index in [9.17, 15) is 0 Å². The van der Waals surface area contributed by atoms with Crippen LogP contribution in [0.4, 0.5) is 0 Å².